The maximum Gasteiger partial charge on any atom is 0.225 e. The lowest BCUT2D eigenvalue weighted by molar-refractivity contribution is -0.140. The fraction of sp³-hybridized carbons (Fsp3) is 0.913. The number of amides is 1. The summed E-state index contributed by atoms with van der Waals surface area (Å²) in [5, 5.41) is 3.46. The SMILES string of the molecule is CCNC(=NCCCCCN1CCCCC1)N1CCC(C(=O)N2CCOCC2)CC1. The molecular formula is C23H43N5O2. The lowest BCUT2D eigenvalue weighted by atomic mass is 9.95. The Morgan fingerprint density at radius 2 is 1.67 bits per heavy atom. The second-order valence-corrected chi connectivity index (χ2v) is 8.90. The van der Waals surface area contributed by atoms with E-state index in [1.807, 2.05) is 4.90 Å². The molecule has 0 spiro atoms. The fourth-order valence-corrected chi connectivity index (χ4v) is 4.80. The molecule has 0 saturated carbocycles. The van der Waals surface area contributed by atoms with Crippen LogP contribution in [0.25, 0.3) is 0 Å². The number of unbranched alkanes of at least 4 members (excludes halogenated alkanes) is 2. The number of carbonyl (C=O) groups excluding carboxylic acids is 1. The highest BCUT2D eigenvalue weighted by Gasteiger charge is 2.30. The van der Waals surface area contributed by atoms with Gasteiger partial charge in [0.25, 0.3) is 0 Å². The first-order valence-electron chi connectivity index (χ1n) is 12.4. The van der Waals surface area contributed by atoms with Crippen molar-refractivity contribution in [2.24, 2.45) is 10.9 Å². The minimum Gasteiger partial charge on any atom is -0.378 e. The number of ether oxygens (including phenoxy) is 1. The van der Waals surface area contributed by atoms with Crippen LogP contribution in [0.4, 0.5) is 0 Å². The van der Waals surface area contributed by atoms with Crippen molar-refractivity contribution in [2.75, 3.05) is 72.1 Å². The molecule has 0 aromatic rings. The van der Waals surface area contributed by atoms with Gasteiger partial charge in [0.2, 0.25) is 5.91 Å². The standard InChI is InChI=1S/C23H43N5O2/c1-2-24-23(25-11-5-3-6-12-26-13-7-4-8-14-26)28-15-9-21(10-16-28)22(29)27-17-19-30-20-18-27/h21H,2-20H2,1H3,(H,24,25). The minimum absolute atomic E-state index is 0.164. The zero-order chi connectivity index (χ0) is 21.0. The van der Waals surface area contributed by atoms with Crippen LogP contribution >= 0.6 is 0 Å². The molecule has 172 valence electrons. The number of piperidine rings is 2. The molecule has 3 aliphatic rings. The van der Waals surface area contributed by atoms with E-state index in [0.717, 1.165) is 64.5 Å². The molecule has 3 fully saturated rings. The van der Waals surface area contributed by atoms with Crippen LogP contribution in [0, 0.1) is 5.92 Å². The van der Waals surface area contributed by atoms with Crippen molar-refractivity contribution < 1.29 is 9.53 Å². The molecule has 0 unspecified atom stereocenters. The molecule has 30 heavy (non-hydrogen) atoms. The predicted octanol–water partition coefficient (Wildman–Crippen LogP) is 2.18. The lowest BCUT2D eigenvalue weighted by Gasteiger charge is -2.36. The van der Waals surface area contributed by atoms with Crippen molar-refractivity contribution in [2.45, 2.75) is 58.3 Å². The van der Waals surface area contributed by atoms with E-state index < -0.39 is 0 Å². The maximum atomic E-state index is 12.7. The van der Waals surface area contributed by atoms with Crippen molar-refractivity contribution in [1.29, 1.82) is 0 Å². The van der Waals surface area contributed by atoms with E-state index >= 15 is 0 Å². The molecule has 3 rings (SSSR count). The van der Waals surface area contributed by atoms with Gasteiger partial charge in [-0.05, 0) is 65.1 Å². The second kappa shape index (κ2) is 13.2. The average molecular weight is 422 g/mol. The third-order valence-corrected chi connectivity index (χ3v) is 6.64. The summed E-state index contributed by atoms with van der Waals surface area (Å²) in [6.07, 6.45) is 9.74. The van der Waals surface area contributed by atoms with Gasteiger partial charge in [-0.3, -0.25) is 9.79 Å². The number of hydrogen-bond acceptors (Lipinski definition) is 4. The summed E-state index contributed by atoms with van der Waals surface area (Å²) in [6.45, 7) is 12.5. The minimum atomic E-state index is 0.164. The molecule has 0 bridgehead atoms. The van der Waals surface area contributed by atoms with Gasteiger partial charge in [-0.1, -0.05) is 12.8 Å². The molecule has 0 aliphatic carbocycles. The molecule has 3 saturated heterocycles. The summed E-state index contributed by atoms with van der Waals surface area (Å²) in [4.78, 5) is 24.6. The van der Waals surface area contributed by atoms with Crippen molar-refractivity contribution in [3.05, 3.63) is 0 Å². The summed E-state index contributed by atoms with van der Waals surface area (Å²) in [5.41, 5.74) is 0. The molecule has 0 atom stereocenters. The van der Waals surface area contributed by atoms with E-state index in [2.05, 4.69) is 22.0 Å². The topological polar surface area (TPSA) is 60.4 Å². The number of carbonyl (C=O) groups is 1. The number of morpholine rings is 1. The first-order chi connectivity index (χ1) is 14.8. The maximum absolute atomic E-state index is 12.7. The number of rotatable bonds is 8. The average Bonchev–Trinajstić information content (AvgIpc) is 2.81. The zero-order valence-electron chi connectivity index (χ0n) is 19.1. The highest BCUT2D eigenvalue weighted by Crippen LogP contribution is 2.20. The van der Waals surface area contributed by atoms with Crippen LogP contribution in [0.5, 0.6) is 0 Å². The Labute approximate surface area is 183 Å². The normalized spacial score (nSPS) is 22.4. The Kier molecular flexibility index (Phi) is 10.2. The molecule has 0 radical (unpaired) electrons. The van der Waals surface area contributed by atoms with E-state index in [1.165, 1.54) is 51.7 Å². The summed E-state index contributed by atoms with van der Waals surface area (Å²) in [7, 11) is 0. The number of nitrogens with zero attached hydrogens (tertiary/aromatic N) is 4. The Morgan fingerprint density at radius 1 is 0.933 bits per heavy atom. The van der Waals surface area contributed by atoms with Crippen molar-refractivity contribution in [1.82, 2.24) is 20.0 Å². The van der Waals surface area contributed by atoms with Gasteiger partial charge in [0.1, 0.15) is 0 Å². The molecular weight excluding hydrogens is 378 g/mol. The first kappa shape index (κ1) is 23.3. The van der Waals surface area contributed by atoms with Crippen LogP contribution in [0.15, 0.2) is 4.99 Å². The predicted molar refractivity (Wildman–Crippen MR) is 122 cm³/mol. The van der Waals surface area contributed by atoms with Crippen molar-refractivity contribution in [3.63, 3.8) is 0 Å². The van der Waals surface area contributed by atoms with E-state index in [-0.39, 0.29) is 5.92 Å². The van der Waals surface area contributed by atoms with Crippen LogP contribution in [0.2, 0.25) is 0 Å². The van der Waals surface area contributed by atoms with Gasteiger partial charge in [-0.2, -0.15) is 0 Å². The van der Waals surface area contributed by atoms with Crippen LogP contribution in [-0.4, -0.2) is 98.7 Å². The molecule has 0 aromatic carbocycles. The Bertz CT molecular complexity index is 522. The van der Waals surface area contributed by atoms with E-state index in [1.54, 1.807) is 0 Å². The Balaban J connectivity index is 1.35. The van der Waals surface area contributed by atoms with Crippen LogP contribution < -0.4 is 5.32 Å². The molecule has 1 N–H and O–H groups in total. The summed E-state index contributed by atoms with van der Waals surface area (Å²) >= 11 is 0. The summed E-state index contributed by atoms with van der Waals surface area (Å²) < 4.78 is 5.38. The third kappa shape index (κ3) is 7.41. The Morgan fingerprint density at radius 3 is 2.37 bits per heavy atom. The van der Waals surface area contributed by atoms with Gasteiger partial charge >= 0.3 is 0 Å². The number of hydrogen-bond donors (Lipinski definition) is 1. The molecule has 3 heterocycles. The number of nitrogens with one attached hydrogen (secondary N) is 1. The fourth-order valence-electron chi connectivity index (χ4n) is 4.80. The quantitative estimate of drug-likeness (QED) is 0.370. The van der Waals surface area contributed by atoms with E-state index in [4.69, 9.17) is 9.73 Å². The zero-order valence-corrected chi connectivity index (χ0v) is 19.1. The van der Waals surface area contributed by atoms with Gasteiger partial charge < -0.3 is 24.8 Å². The molecule has 7 heteroatoms. The van der Waals surface area contributed by atoms with Crippen molar-refractivity contribution in [3.8, 4) is 0 Å². The van der Waals surface area contributed by atoms with Gasteiger partial charge in [0, 0.05) is 45.2 Å². The van der Waals surface area contributed by atoms with Gasteiger partial charge in [0.15, 0.2) is 5.96 Å². The van der Waals surface area contributed by atoms with Gasteiger partial charge in [-0.15, -0.1) is 0 Å². The van der Waals surface area contributed by atoms with Gasteiger partial charge in [-0.25, -0.2) is 0 Å². The lowest BCUT2D eigenvalue weighted by Crippen LogP contribution is -2.50. The Hall–Kier alpha value is -1.34. The summed E-state index contributed by atoms with van der Waals surface area (Å²) in [5.74, 6) is 1.52. The molecule has 1 amide bonds. The van der Waals surface area contributed by atoms with Crippen molar-refractivity contribution >= 4 is 11.9 Å². The summed E-state index contributed by atoms with van der Waals surface area (Å²) in [6, 6.07) is 0. The van der Waals surface area contributed by atoms with E-state index in [9.17, 15) is 4.79 Å². The highest BCUT2D eigenvalue weighted by atomic mass is 16.5. The largest absolute Gasteiger partial charge is 0.378 e. The molecule has 7 nitrogen and oxygen atoms in total. The number of guanidine groups is 1. The third-order valence-electron chi connectivity index (χ3n) is 6.64. The molecule has 0 aromatic heterocycles. The van der Waals surface area contributed by atoms with Crippen LogP contribution in [0.3, 0.4) is 0 Å². The van der Waals surface area contributed by atoms with Crippen LogP contribution in [-0.2, 0) is 9.53 Å². The smallest absolute Gasteiger partial charge is 0.225 e. The van der Waals surface area contributed by atoms with Gasteiger partial charge in [0.05, 0.1) is 13.2 Å². The molecule has 3 aliphatic heterocycles. The first-order valence-corrected chi connectivity index (χ1v) is 12.4. The highest BCUT2D eigenvalue weighted by molar-refractivity contribution is 5.81. The van der Waals surface area contributed by atoms with E-state index in [0.29, 0.717) is 19.1 Å². The number of likely N-dealkylation sites (tertiary alicyclic amines) is 2. The number of aliphatic imine (C=N–C) groups is 1. The van der Waals surface area contributed by atoms with Crippen LogP contribution in [0.1, 0.15) is 58.3 Å². The second-order valence-electron chi connectivity index (χ2n) is 8.90. The monoisotopic (exact) mass is 421 g/mol.